The summed E-state index contributed by atoms with van der Waals surface area (Å²) in [5.74, 6) is -0.439. The van der Waals surface area contributed by atoms with Gasteiger partial charge in [0.15, 0.2) is 0 Å². The van der Waals surface area contributed by atoms with Crippen LogP contribution >= 0.6 is 410 Å². The molecule has 32 unspecified atom stereocenters. The average Bonchev–Trinajstić information content (AvgIpc) is 1.80. The number of esters is 1. The van der Waals surface area contributed by atoms with Gasteiger partial charge < -0.3 is 23.7 Å². The topological polar surface area (TPSA) is 104 Å². The SMILES string of the molecule is C=CC(OC(C)=O)[C@H]1[C@H](C)OC(C)(C)N1C(=O)OC(C)(C)C.C=CC[C@H]1[C@H](C)OC(C)(C)N1C(=O)OC(C)(C)C.PP(P)P(P(P)P)P(P(P)P)P(P(P(P)P)P(P)P)P(P(P)P)P(P)P.PPP(P(P)P)P(P(P)P)P(P(P(P)P)P(P)P)P(P(P)P)P(P)P. The average molecular weight is 2200 g/mol. The predicted octanol–water partition coefficient (Wildman–Crippen LogP) is 35.4. The molecule has 61 heteroatoms. The highest BCUT2D eigenvalue weighted by Gasteiger charge is 2.54. The van der Waals surface area contributed by atoms with E-state index in [1.807, 2.05) is 54.5 Å². The number of nitrogens with zero attached hydrogens (tertiary/aromatic N) is 2. The molecule has 2 aliphatic rings. The summed E-state index contributed by atoms with van der Waals surface area (Å²) in [7, 11) is 88.3. The number of hydrogen-bond donors (Lipinski definition) is 0. The van der Waals surface area contributed by atoms with Gasteiger partial charge in [0.25, 0.3) is 0 Å². The standard InChI is InChI=1S/C16H27NO5.C14H25NO3.H28P26.H27P25/c1-9-12(20-11(3)18)13-10(2)21-16(7,8)17(13)14(19)22-15(4,5)6;1-8-9-11-10(2)17-14(6,7)15(11)12(16)18-13(3,4)5;1-15(2)22(16(3)4)25(21(13)14)26(23(17(5)6)18(7)8)24(19(9)10)20(11)12;1-14-21(15(2)3)24(20(12)13)25(22(16(4)5)17(6)7)23(18(8)9)19(10)11/h9-10,12-13H,1H2,2-8H3;8,10-11H,1,9H2,2-7H3;1-14H2;14H,1-13H2/t10-,12?,13+;10-,11-;;/m00../s1. The Morgan fingerprint density at radius 2 is 0.747 bits per heavy atom. The first-order valence-electron chi connectivity index (χ1n) is 25.2. The fraction of sp³-hybridized carbons (Fsp3) is 0.767. The molecular formula is C30H107N2O8P51. The van der Waals surface area contributed by atoms with Crippen LogP contribution in [0.15, 0.2) is 25.3 Å². The van der Waals surface area contributed by atoms with Crippen molar-refractivity contribution in [2.45, 2.75) is 149 Å². The van der Waals surface area contributed by atoms with E-state index in [1.165, 1.54) is 17.9 Å². The molecule has 0 aromatic carbocycles. The normalized spacial score (nSPS) is 20.4. The molecular weight excluding hydrogens is 2100 g/mol. The van der Waals surface area contributed by atoms with Gasteiger partial charge in [0.05, 0.1) is 18.2 Å². The van der Waals surface area contributed by atoms with Crippen molar-refractivity contribution in [2.24, 2.45) is 0 Å². The Morgan fingerprint density at radius 1 is 0.473 bits per heavy atom. The summed E-state index contributed by atoms with van der Waals surface area (Å²) < 4.78 is 27.9. The van der Waals surface area contributed by atoms with Crippen LogP contribution in [0.3, 0.4) is 0 Å². The molecule has 2 heterocycles. The van der Waals surface area contributed by atoms with Crippen LogP contribution in [0.4, 0.5) is 9.59 Å². The summed E-state index contributed by atoms with van der Waals surface area (Å²) in [6, 6.07) is -0.515. The summed E-state index contributed by atoms with van der Waals surface area (Å²) in [5.41, 5.74) is -2.64. The minimum Gasteiger partial charge on any atom is -0.456 e. The van der Waals surface area contributed by atoms with E-state index >= 15 is 0 Å². The molecule has 0 bridgehead atoms. The lowest BCUT2D eigenvalue weighted by molar-refractivity contribution is -0.147. The van der Waals surface area contributed by atoms with E-state index in [9.17, 15) is 14.4 Å². The third-order valence-corrected chi connectivity index (χ3v) is 339. The van der Waals surface area contributed by atoms with E-state index in [1.54, 1.807) is 39.5 Å². The van der Waals surface area contributed by atoms with Crippen LogP contribution in [-0.4, -0.2) is 81.0 Å². The summed E-state index contributed by atoms with van der Waals surface area (Å²) >= 11 is 0. The highest BCUT2D eigenvalue weighted by Crippen LogP contribution is 3.37. The van der Waals surface area contributed by atoms with Crippen molar-refractivity contribution in [2.75, 3.05) is 0 Å². The zero-order valence-corrected chi connectivity index (χ0v) is 106. The van der Waals surface area contributed by atoms with Gasteiger partial charge in [-0.05, 0) is 256 Å². The van der Waals surface area contributed by atoms with Gasteiger partial charge in [-0.2, -0.15) is 0 Å². The maximum Gasteiger partial charge on any atom is 0.413 e. The molecule has 0 spiro atoms. The molecule has 2 rings (SSSR count). The second-order valence-corrected chi connectivity index (χ2v) is 223. The summed E-state index contributed by atoms with van der Waals surface area (Å²) in [6.45, 7) is 31.6. The third kappa shape index (κ3) is 41.4. The number of carbonyl (C=O) groups is 3. The van der Waals surface area contributed by atoms with Crippen LogP contribution in [0, 0.1) is 0 Å². The van der Waals surface area contributed by atoms with Gasteiger partial charge in [-0.3, -0.25) is 14.6 Å². The lowest BCUT2D eigenvalue weighted by Crippen LogP contribution is -2.54. The van der Waals surface area contributed by atoms with Crippen LogP contribution in [0.1, 0.15) is 96.4 Å². The van der Waals surface area contributed by atoms with Crippen molar-refractivity contribution in [1.82, 2.24) is 9.80 Å². The Kier molecular flexibility index (Phi) is 69.2. The van der Waals surface area contributed by atoms with E-state index in [2.05, 4.69) is 254 Å². The molecule has 0 aromatic heterocycles. The van der Waals surface area contributed by atoms with Crippen LogP contribution in [0.2, 0.25) is 0 Å². The number of amides is 2. The fourth-order valence-electron chi connectivity index (χ4n) is 7.68. The van der Waals surface area contributed by atoms with E-state index in [-0.39, 0.29) is 185 Å². The lowest BCUT2D eigenvalue weighted by Gasteiger charge is -2.50. The molecule has 0 aliphatic carbocycles. The van der Waals surface area contributed by atoms with Gasteiger partial charge in [0.2, 0.25) is 0 Å². The van der Waals surface area contributed by atoms with Gasteiger partial charge in [-0.1, -0.05) is 20.6 Å². The van der Waals surface area contributed by atoms with Crippen molar-refractivity contribution in [3.05, 3.63) is 25.3 Å². The molecule has 10 nitrogen and oxygen atoms in total. The Morgan fingerprint density at radius 3 is 1.00 bits per heavy atom. The molecule has 36 atom stereocenters. The summed E-state index contributed by atoms with van der Waals surface area (Å²) in [4.78, 5) is 39.4. The van der Waals surface area contributed by atoms with Crippen LogP contribution in [0.5, 0.6) is 0 Å². The molecule has 540 valence electrons. The molecule has 2 saturated heterocycles. The van der Waals surface area contributed by atoms with E-state index in [0.717, 1.165) is 7.96 Å². The monoisotopic (exact) mass is 2200 g/mol. The second kappa shape index (κ2) is 56.0. The van der Waals surface area contributed by atoms with Crippen molar-refractivity contribution in [1.29, 1.82) is 0 Å². The van der Waals surface area contributed by atoms with Gasteiger partial charge in [0.1, 0.15) is 34.8 Å². The smallest absolute Gasteiger partial charge is 0.413 e. The van der Waals surface area contributed by atoms with Crippen molar-refractivity contribution < 1.29 is 38.1 Å². The number of carbonyl (C=O) groups excluding carboxylic acids is 3. The van der Waals surface area contributed by atoms with Gasteiger partial charge in [-0.15, -0.1) is 248 Å². The van der Waals surface area contributed by atoms with Gasteiger partial charge in [-0.25, -0.2) is 9.59 Å². The zero-order chi connectivity index (χ0) is 72.4. The summed E-state index contributed by atoms with van der Waals surface area (Å²) in [5, 5.41) is 0. The maximum absolute atomic E-state index is 12.6. The zero-order valence-electron chi connectivity index (χ0n) is 53.2. The number of rotatable bonds is 27. The fourth-order valence-corrected chi connectivity index (χ4v) is 657. The van der Waals surface area contributed by atoms with Crippen molar-refractivity contribution in [3.8, 4) is 0 Å². The van der Waals surface area contributed by atoms with Gasteiger partial charge >= 0.3 is 18.2 Å². The summed E-state index contributed by atoms with van der Waals surface area (Å²) in [6.07, 6.45) is 2.16. The van der Waals surface area contributed by atoms with Crippen molar-refractivity contribution in [3.63, 3.8) is 0 Å². The Labute approximate surface area is 643 Å². The molecule has 2 fully saturated rings. The number of hydrogen-bond acceptors (Lipinski definition) is 8. The molecule has 0 saturated carbocycles. The maximum atomic E-state index is 12.6. The van der Waals surface area contributed by atoms with Crippen LogP contribution in [-0.2, 0) is 28.5 Å². The predicted molar refractivity (Wildman–Crippen MR) is 583 cm³/mol. The first kappa shape index (κ1) is 112. The molecule has 2 aliphatic heterocycles. The van der Waals surface area contributed by atoms with E-state index < -0.39 is 46.9 Å². The first-order chi connectivity index (χ1) is 41.1. The third-order valence-electron chi connectivity index (χ3n) is 10.3. The minimum atomic E-state index is -0.867. The van der Waals surface area contributed by atoms with Crippen molar-refractivity contribution >= 4 is 428 Å². The second-order valence-electron chi connectivity index (χ2n) is 20.9. The lowest BCUT2D eigenvalue weighted by atomic mass is 10.0. The van der Waals surface area contributed by atoms with Crippen LogP contribution in [0.25, 0.3) is 0 Å². The molecule has 91 heavy (non-hydrogen) atoms. The van der Waals surface area contributed by atoms with Gasteiger partial charge in [0, 0.05) is 6.92 Å². The Bertz CT molecular complexity index is 2060. The first-order valence-corrected chi connectivity index (χ1v) is 117. The molecule has 0 aromatic rings. The highest BCUT2D eigenvalue weighted by atomic mass is 33.5. The van der Waals surface area contributed by atoms with Crippen LogP contribution < -0.4 is 0 Å². The quantitative estimate of drug-likeness (QED) is 0.0347. The number of ether oxygens (including phenoxy) is 5. The van der Waals surface area contributed by atoms with E-state index in [4.69, 9.17) is 23.7 Å². The highest BCUT2D eigenvalue weighted by molar-refractivity contribution is 9.43. The minimum absolute atomic E-state index is 0.00618. The Balaban J connectivity index is 0. The molecule has 0 N–H and O–H groups in total. The largest absolute Gasteiger partial charge is 0.456 e. The Hall–Kier alpha value is 19.3. The molecule has 2 amide bonds. The molecule has 0 radical (unpaired) electrons. The van der Waals surface area contributed by atoms with E-state index in [0.29, 0.717) is 6.42 Å².